The Morgan fingerprint density at radius 2 is 1.84 bits per heavy atom. The van der Waals surface area contributed by atoms with Gasteiger partial charge >= 0.3 is 0 Å². The van der Waals surface area contributed by atoms with E-state index in [1.54, 1.807) is 0 Å². The van der Waals surface area contributed by atoms with Gasteiger partial charge < -0.3 is 16.0 Å². The number of carbonyl (C=O) groups excluding carboxylic acids is 1. The van der Waals surface area contributed by atoms with E-state index in [-0.39, 0.29) is 23.9 Å². The van der Waals surface area contributed by atoms with E-state index < -0.39 is 0 Å². The Kier molecular flexibility index (Phi) is 5.99. The average molecular weight is 263 g/mol. The zero-order chi connectivity index (χ0) is 14.4. The van der Waals surface area contributed by atoms with Crippen molar-refractivity contribution in [2.75, 3.05) is 20.6 Å². The summed E-state index contributed by atoms with van der Waals surface area (Å²) in [5.41, 5.74) is 7.14. The highest BCUT2D eigenvalue weighted by Gasteiger charge is 2.23. The molecule has 0 saturated heterocycles. The lowest BCUT2D eigenvalue weighted by atomic mass is 9.94. The highest BCUT2D eigenvalue weighted by Crippen LogP contribution is 2.19. The Morgan fingerprint density at radius 1 is 1.26 bits per heavy atom. The molecule has 0 radical (unpaired) electrons. The molecule has 1 amide bonds. The summed E-state index contributed by atoms with van der Waals surface area (Å²) in [7, 11) is 3.98. The van der Waals surface area contributed by atoms with Gasteiger partial charge in [0, 0.05) is 18.6 Å². The van der Waals surface area contributed by atoms with Gasteiger partial charge in [0.1, 0.15) is 0 Å². The third-order valence-corrected chi connectivity index (χ3v) is 3.16. The Labute approximate surface area is 116 Å². The van der Waals surface area contributed by atoms with Crippen molar-refractivity contribution in [1.82, 2.24) is 10.2 Å². The molecule has 106 valence electrons. The van der Waals surface area contributed by atoms with Crippen molar-refractivity contribution in [3.8, 4) is 0 Å². The Hall–Kier alpha value is -1.39. The standard InChI is InChI=1S/C15H25N3O/c1-11(10-18(3)4)17-15(19)12(2)14(16)13-8-6-5-7-9-13/h5-9,11-12,14H,10,16H2,1-4H3,(H,17,19). The summed E-state index contributed by atoms with van der Waals surface area (Å²) >= 11 is 0. The number of nitrogens with one attached hydrogen (secondary N) is 1. The van der Waals surface area contributed by atoms with Gasteiger partial charge in [0.15, 0.2) is 0 Å². The lowest BCUT2D eigenvalue weighted by Gasteiger charge is -2.24. The van der Waals surface area contributed by atoms with Crippen LogP contribution < -0.4 is 11.1 Å². The van der Waals surface area contributed by atoms with Crippen LogP contribution >= 0.6 is 0 Å². The zero-order valence-corrected chi connectivity index (χ0v) is 12.3. The first-order valence-corrected chi connectivity index (χ1v) is 6.67. The molecule has 19 heavy (non-hydrogen) atoms. The number of rotatable bonds is 6. The number of carbonyl (C=O) groups is 1. The summed E-state index contributed by atoms with van der Waals surface area (Å²) < 4.78 is 0. The minimum absolute atomic E-state index is 0.00528. The molecule has 0 fully saturated rings. The van der Waals surface area contributed by atoms with Crippen molar-refractivity contribution in [2.24, 2.45) is 11.7 Å². The van der Waals surface area contributed by atoms with E-state index in [4.69, 9.17) is 5.73 Å². The number of likely N-dealkylation sites (N-methyl/N-ethyl adjacent to an activating group) is 1. The molecule has 3 N–H and O–H groups in total. The van der Waals surface area contributed by atoms with Gasteiger partial charge in [0.2, 0.25) is 5.91 Å². The van der Waals surface area contributed by atoms with Gasteiger partial charge in [0.25, 0.3) is 0 Å². The molecule has 0 aliphatic heterocycles. The summed E-state index contributed by atoms with van der Waals surface area (Å²) in [5.74, 6) is -0.238. The second-order valence-corrected chi connectivity index (χ2v) is 5.40. The summed E-state index contributed by atoms with van der Waals surface area (Å²) in [6.07, 6.45) is 0. The molecular weight excluding hydrogens is 238 g/mol. The molecule has 4 nitrogen and oxygen atoms in total. The summed E-state index contributed by atoms with van der Waals surface area (Å²) in [5, 5.41) is 3.00. The van der Waals surface area contributed by atoms with Crippen molar-refractivity contribution >= 4 is 5.91 Å². The third kappa shape index (κ3) is 5.01. The van der Waals surface area contributed by atoms with Crippen LogP contribution in [0.1, 0.15) is 25.5 Å². The molecular formula is C15H25N3O. The van der Waals surface area contributed by atoms with E-state index in [0.29, 0.717) is 0 Å². The lowest BCUT2D eigenvalue weighted by Crippen LogP contribution is -2.44. The SMILES string of the molecule is CC(CN(C)C)NC(=O)C(C)C(N)c1ccccc1. The first-order chi connectivity index (χ1) is 8.91. The normalized spacial score (nSPS) is 15.9. The maximum absolute atomic E-state index is 12.1. The number of hydrogen-bond donors (Lipinski definition) is 2. The van der Waals surface area contributed by atoms with Gasteiger partial charge in [-0.1, -0.05) is 37.3 Å². The lowest BCUT2D eigenvalue weighted by molar-refractivity contribution is -0.125. The number of hydrogen-bond acceptors (Lipinski definition) is 3. The van der Waals surface area contributed by atoms with Crippen LogP contribution in [0.3, 0.4) is 0 Å². The number of nitrogens with two attached hydrogens (primary N) is 1. The Morgan fingerprint density at radius 3 is 2.37 bits per heavy atom. The van der Waals surface area contributed by atoms with Crippen LogP contribution in [0, 0.1) is 5.92 Å². The molecule has 3 atom stereocenters. The molecule has 3 unspecified atom stereocenters. The molecule has 4 heteroatoms. The van der Waals surface area contributed by atoms with Crippen LogP contribution in [0.25, 0.3) is 0 Å². The fourth-order valence-corrected chi connectivity index (χ4v) is 2.09. The van der Waals surface area contributed by atoms with E-state index in [2.05, 4.69) is 5.32 Å². The van der Waals surface area contributed by atoms with Crippen molar-refractivity contribution in [3.05, 3.63) is 35.9 Å². The van der Waals surface area contributed by atoms with Gasteiger partial charge in [-0.3, -0.25) is 4.79 Å². The van der Waals surface area contributed by atoms with Crippen molar-refractivity contribution in [3.63, 3.8) is 0 Å². The first kappa shape index (κ1) is 15.7. The smallest absolute Gasteiger partial charge is 0.224 e. The van der Waals surface area contributed by atoms with E-state index in [1.165, 1.54) is 0 Å². The molecule has 1 rings (SSSR count). The molecule has 1 aromatic carbocycles. The van der Waals surface area contributed by atoms with Crippen LogP contribution in [-0.4, -0.2) is 37.5 Å². The topological polar surface area (TPSA) is 58.4 Å². The number of amides is 1. The predicted molar refractivity (Wildman–Crippen MR) is 78.7 cm³/mol. The molecule has 0 saturated carbocycles. The van der Waals surface area contributed by atoms with Gasteiger partial charge in [-0.25, -0.2) is 0 Å². The highest BCUT2D eigenvalue weighted by molar-refractivity contribution is 5.79. The second kappa shape index (κ2) is 7.26. The van der Waals surface area contributed by atoms with Gasteiger partial charge in [-0.05, 0) is 26.6 Å². The van der Waals surface area contributed by atoms with E-state index in [1.807, 2.05) is 63.2 Å². The van der Waals surface area contributed by atoms with Crippen molar-refractivity contribution < 1.29 is 4.79 Å². The molecule has 0 aliphatic rings. The largest absolute Gasteiger partial charge is 0.352 e. The summed E-state index contributed by atoms with van der Waals surface area (Å²) in [6.45, 7) is 4.69. The molecule has 0 spiro atoms. The minimum atomic E-state index is -0.271. The van der Waals surface area contributed by atoms with Gasteiger partial charge in [-0.2, -0.15) is 0 Å². The monoisotopic (exact) mass is 263 g/mol. The third-order valence-electron chi connectivity index (χ3n) is 3.16. The van der Waals surface area contributed by atoms with E-state index in [9.17, 15) is 4.79 Å². The van der Waals surface area contributed by atoms with Crippen LogP contribution in [0.5, 0.6) is 0 Å². The molecule has 1 aromatic rings. The quantitative estimate of drug-likeness (QED) is 0.815. The van der Waals surface area contributed by atoms with Crippen LogP contribution in [-0.2, 0) is 4.79 Å². The summed E-state index contributed by atoms with van der Waals surface area (Å²) in [6, 6.07) is 9.58. The molecule has 0 bridgehead atoms. The van der Waals surface area contributed by atoms with Gasteiger partial charge in [0.05, 0.1) is 5.92 Å². The van der Waals surface area contributed by atoms with Crippen molar-refractivity contribution in [1.29, 1.82) is 0 Å². The number of benzene rings is 1. The first-order valence-electron chi connectivity index (χ1n) is 6.67. The Bertz CT molecular complexity index is 392. The Balaban J connectivity index is 2.57. The van der Waals surface area contributed by atoms with Crippen LogP contribution in [0.15, 0.2) is 30.3 Å². The van der Waals surface area contributed by atoms with Crippen molar-refractivity contribution in [2.45, 2.75) is 25.9 Å². The highest BCUT2D eigenvalue weighted by atomic mass is 16.2. The van der Waals surface area contributed by atoms with E-state index >= 15 is 0 Å². The molecule has 0 heterocycles. The van der Waals surface area contributed by atoms with Crippen LogP contribution in [0.2, 0.25) is 0 Å². The second-order valence-electron chi connectivity index (χ2n) is 5.40. The van der Waals surface area contributed by atoms with Crippen LogP contribution in [0.4, 0.5) is 0 Å². The maximum Gasteiger partial charge on any atom is 0.224 e. The van der Waals surface area contributed by atoms with Gasteiger partial charge in [-0.15, -0.1) is 0 Å². The number of nitrogens with zero attached hydrogens (tertiary/aromatic N) is 1. The fraction of sp³-hybridized carbons (Fsp3) is 0.533. The summed E-state index contributed by atoms with van der Waals surface area (Å²) in [4.78, 5) is 14.2. The molecule has 0 aromatic heterocycles. The zero-order valence-electron chi connectivity index (χ0n) is 12.3. The fourth-order valence-electron chi connectivity index (χ4n) is 2.09. The predicted octanol–water partition coefficient (Wildman–Crippen LogP) is 1.39. The minimum Gasteiger partial charge on any atom is -0.352 e. The van der Waals surface area contributed by atoms with E-state index in [0.717, 1.165) is 12.1 Å². The maximum atomic E-state index is 12.1. The average Bonchev–Trinajstić information content (AvgIpc) is 2.36. The molecule has 0 aliphatic carbocycles.